The Morgan fingerprint density at radius 3 is 3.00 bits per heavy atom. The lowest BCUT2D eigenvalue weighted by Gasteiger charge is -2.25. The molecule has 0 amide bonds. The standard InChI is InChI=1S/C14H16N2/c1-2-14(9-5-3-6-10-14)16-12-13-8-4-7-11-15-13/h3-9,11-12H,2,10H2,1H3/t14-/m0/s1. The first-order chi connectivity index (χ1) is 7.85. The van der Waals surface area contributed by atoms with E-state index in [0.717, 1.165) is 18.5 Å². The molecule has 0 saturated carbocycles. The summed E-state index contributed by atoms with van der Waals surface area (Å²) in [5.74, 6) is 0. The van der Waals surface area contributed by atoms with Gasteiger partial charge in [-0.05, 0) is 25.0 Å². The van der Waals surface area contributed by atoms with Gasteiger partial charge >= 0.3 is 0 Å². The van der Waals surface area contributed by atoms with Crippen LogP contribution in [0, 0.1) is 0 Å². The van der Waals surface area contributed by atoms with E-state index in [0.29, 0.717) is 0 Å². The predicted molar refractivity (Wildman–Crippen MR) is 67.8 cm³/mol. The van der Waals surface area contributed by atoms with Crippen LogP contribution >= 0.6 is 0 Å². The minimum Gasteiger partial charge on any atom is -0.280 e. The van der Waals surface area contributed by atoms with Crippen molar-refractivity contribution in [1.82, 2.24) is 4.98 Å². The molecule has 1 aliphatic rings. The molecule has 2 heteroatoms. The van der Waals surface area contributed by atoms with Gasteiger partial charge in [0, 0.05) is 12.4 Å². The summed E-state index contributed by atoms with van der Waals surface area (Å²) in [6.45, 7) is 2.17. The summed E-state index contributed by atoms with van der Waals surface area (Å²) in [7, 11) is 0. The predicted octanol–water partition coefficient (Wildman–Crippen LogP) is 3.17. The maximum Gasteiger partial charge on any atom is 0.0823 e. The van der Waals surface area contributed by atoms with Crippen LogP contribution in [0.4, 0.5) is 0 Å². The van der Waals surface area contributed by atoms with E-state index >= 15 is 0 Å². The number of aliphatic imine (C=N–C) groups is 1. The van der Waals surface area contributed by atoms with Crippen LogP contribution in [0.25, 0.3) is 0 Å². The molecule has 2 rings (SSSR count). The van der Waals surface area contributed by atoms with Crippen LogP contribution in [0.2, 0.25) is 0 Å². The average molecular weight is 212 g/mol. The zero-order valence-corrected chi connectivity index (χ0v) is 9.50. The first-order valence-electron chi connectivity index (χ1n) is 5.65. The second-order valence-corrected chi connectivity index (χ2v) is 3.96. The Hall–Kier alpha value is -1.70. The zero-order valence-electron chi connectivity index (χ0n) is 9.50. The van der Waals surface area contributed by atoms with Crippen molar-refractivity contribution in [3.05, 3.63) is 54.4 Å². The molecule has 0 radical (unpaired) electrons. The smallest absolute Gasteiger partial charge is 0.0823 e. The maximum atomic E-state index is 4.68. The SMILES string of the molecule is CC[C@]1(N=Cc2ccccn2)C=CC=CC1. The molecule has 0 N–H and O–H groups in total. The number of hydrogen-bond acceptors (Lipinski definition) is 2. The summed E-state index contributed by atoms with van der Waals surface area (Å²) >= 11 is 0. The Morgan fingerprint density at radius 1 is 1.44 bits per heavy atom. The van der Waals surface area contributed by atoms with Crippen LogP contribution in [0.3, 0.4) is 0 Å². The Labute approximate surface area is 96.4 Å². The van der Waals surface area contributed by atoms with Crippen molar-refractivity contribution in [3.63, 3.8) is 0 Å². The summed E-state index contributed by atoms with van der Waals surface area (Å²) in [6, 6.07) is 5.86. The van der Waals surface area contributed by atoms with Gasteiger partial charge in [0.15, 0.2) is 0 Å². The van der Waals surface area contributed by atoms with E-state index in [-0.39, 0.29) is 5.54 Å². The molecule has 0 aliphatic heterocycles. The topological polar surface area (TPSA) is 25.2 Å². The highest BCUT2D eigenvalue weighted by molar-refractivity contribution is 5.77. The number of nitrogens with zero attached hydrogens (tertiary/aromatic N) is 2. The van der Waals surface area contributed by atoms with Gasteiger partial charge < -0.3 is 0 Å². The molecule has 0 bridgehead atoms. The second kappa shape index (κ2) is 4.88. The molecule has 82 valence electrons. The van der Waals surface area contributed by atoms with Crippen LogP contribution in [-0.2, 0) is 0 Å². The van der Waals surface area contributed by atoms with Crippen molar-refractivity contribution in [2.75, 3.05) is 0 Å². The first kappa shape index (κ1) is 10.8. The highest BCUT2D eigenvalue weighted by Gasteiger charge is 2.22. The molecule has 0 spiro atoms. The van der Waals surface area contributed by atoms with Gasteiger partial charge in [-0.1, -0.05) is 37.3 Å². The summed E-state index contributed by atoms with van der Waals surface area (Å²) in [5.41, 5.74) is 0.852. The van der Waals surface area contributed by atoms with Crippen molar-refractivity contribution < 1.29 is 0 Å². The monoisotopic (exact) mass is 212 g/mol. The third-order valence-electron chi connectivity index (χ3n) is 2.88. The van der Waals surface area contributed by atoms with E-state index in [1.807, 2.05) is 24.4 Å². The van der Waals surface area contributed by atoms with Gasteiger partial charge in [-0.25, -0.2) is 0 Å². The fraction of sp³-hybridized carbons (Fsp3) is 0.286. The average Bonchev–Trinajstić information content (AvgIpc) is 2.39. The Morgan fingerprint density at radius 2 is 2.38 bits per heavy atom. The van der Waals surface area contributed by atoms with E-state index in [2.05, 4.69) is 41.2 Å². The fourth-order valence-electron chi connectivity index (χ4n) is 1.75. The van der Waals surface area contributed by atoms with Gasteiger partial charge in [0.2, 0.25) is 0 Å². The van der Waals surface area contributed by atoms with Gasteiger partial charge in [0.1, 0.15) is 0 Å². The minimum absolute atomic E-state index is 0.0632. The third-order valence-corrected chi connectivity index (χ3v) is 2.88. The van der Waals surface area contributed by atoms with E-state index in [1.54, 1.807) is 6.20 Å². The fourth-order valence-corrected chi connectivity index (χ4v) is 1.75. The molecule has 1 atom stereocenters. The van der Waals surface area contributed by atoms with Crippen LogP contribution in [0.15, 0.2) is 53.7 Å². The van der Waals surface area contributed by atoms with Gasteiger partial charge in [-0.2, -0.15) is 0 Å². The molecular weight excluding hydrogens is 196 g/mol. The van der Waals surface area contributed by atoms with Gasteiger partial charge in [0.25, 0.3) is 0 Å². The summed E-state index contributed by atoms with van der Waals surface area (Å²) in [5, 5.41) is 0. The number of rotatable bonds is 3. The summed E-state index contributed by atoms with van der Waals surface area (Å²) in [4.78, 5) is 8.91. The summed E-state index contributed by atoms with van der Waals surface area (Å²) in [6.07, 6.45) is 14.1. The van der Waals surface area contributed by atoms with Crippen LogP contribution in [0.5, 0.6) is 0 Å². The Bertz CT molecular complexity index is 418. The largest absolute Gasteiger partial charge is 0.280 e. The Balaban J connectivity index is 2.16. The Kier molecular flexibility index (Phi) is 3.30. The van der Waals surface area contributed by atoms with E-state index in [9.17, 15) is 0 Å². The van der Waals surface area contributed by atoms with Gasteiger partial charge in [0.05, 0.1) is 11.2 Å². The van der Waals surface area contributed by atoms with Gasteiger partial charge in [-0.3, -0.25) is 9.98 Å². The highest BCUT2D eigenvalue weighted by atomic mass is 14.9. The summed E-state index contributed by atoms with van der Waals surface area (Å²) < 4.78 is 0. The zero-order chi connectivity index (χ0) is 11.3. The molecule has 0 saturated heterocycles. The molecule has 1 aromatic rings. The van der Waals surface area contributed by atoms with Crippen molar-refractivity contribution in [2.45, 2.75) is 25.3 Å². The van der Waals surface area contributed by atoms with Crippen molar-refractivity contribution >= 4 is 6.21 Å². The van der Waals surface area contributed by atoms with Crippen molar-refractivity contribution in [1.29, 1.82) is 0 Å². The normalized spacial score (nSPS) is 24.1. The molecule has 16 heavy (non-hydrogen) atoms. The molecule has 2 nitrogen and oxygen atoms in total. The molecule has 0 aromatic carbocycles. The van der Waals surface area contributed by atoms with Crippen LogP contribution < -0.4 is 0 Å². The number of pyridine rings is 1. The third kappa shape index (κ3) is 2.45. The van der Waals surface area contributed by atoms with Crippen molar-refractivity contribution in [3.8, 4) is 0 Å². The number of hydrogen-bond donors (Lipinski definition) is 0. The maximum absolute atomic E-state index is 4.68. The first-order valence-corrected chi connectivity index (χ1v) is 5.65. The van der Waals surface area contributed by atoms with E-state index < -0.39 is 0 Å². The number of allylic oxidation sites excluding steroid dienone is 2. The van der Waals surface area contributed by atoms with Gasteiger partial charge in [-0.15, -0.1) is 0 Å². The minimum atomic E-state index is -0.0632. The number of aromatic nitrogens is 1. The lowest BCUT2D eigenvalue weighted by atomic mass is 9.89. The lowest BCUT2D eigenvalue weighted by molar-refractivity contribution is 0.518. The van der Waals surface area contributed by atoms with E-state index in [1.165, 1.54) is 0 Å². The van der Waals surface area contributed by atoms with Crippen LogP contribution in [0.1, 0.15) is 25.5 Å². The van der Waals surface area contributed by atoms with Crippen molar-refractivity contribution in [2.24, 2.45) is 4.99 Å². The lowest BCUT2D eigenvalue weighted by Crippen LogP contribution is -2.23. The quantitative estimate of drug-likeness (QED) is 0.706. The molecular formula is C14H16N2. The second-order valence-electron chi connectivity index (χ2n) is 3.96. The molecule has 1 heterocycles. The highest BCUT2D eigenvalue weighted by Crippen LogP contribution is 2.25. The van der Waals surface area contributed by atoms with Crippen LogP contribution in [-0.4, -0.2) is 16.7 Å². The molecule has 0 fully saturated rings. The molecule has 1 aliphatic carbocycles. The molecule has 1 aromatic heterocycles. The molecule has 0 unspecified atom stereocenters. The van der Waals surface area contributed by atoms with E-state index in [4.69, 9.17) is 0 Å².